The van der Waals surface area contributed by atoms with Crippen molar-refractivity contribution in [3.63, 3.8) is 0 Å². The van der Waals surface area contributed by atoms with Gasteiger partial charge in [0.05, 0.1) is 16.8 Å². The van der Waals surface area contributed by atoms with Crippen molar-refractivity contribution in [2.45, 2.75) is 46.6 Å². The lowest BCUT2D eigenvalue weighted by Gasteiger charge is -2.18. The Labute approximate surface area is 146 Å². The monoisotopic (exact) mass is 338 g/mol. The van der Waals surface area contributed by atoms with Crippen molar-refractivity contribution in [1.29, 1.82) is 0 Å². The number of aryl methyl sites for hydroxylation is 3. The van der Waals surface area contributed by atoms with E-state index in [9.17, 15) is 4.79 Å². The fraction of sp³-hybridized carbons (Fsp3) is 0.400. The first kappa shape index (κ1) is 15.9. The second-order valence-electron chi connectivity index (χ2n) is 7.07. The van der Waals surface area contributed by atoms with Gasteiger partial charge in [-0.3, -0.25) is 0 Å². The average Bonchev–Trinajstić information content (AvgIpc) is 3.12. The van der Waals surface area contributed by atoms with Gasteiger partial charge in [0, 0.05) is 16.6 Å². The number of aromatic nitrogens is 2. The summed E-state index contributed by atoms with van der Waals surface area (Å²) in [6.45, 7) is 6.13. The number of nitrogens with zero attached hydrogens (tertiary/aromatic N) is 1. The summed E-state index contributed by atoms with van der Waals surface area (Å²) in [7, 11) is 0. The second-order valence-corrected chi connectivity index (χ2v) is 7.07. The molecule has 5 nitrogen and oxygen atoms in total. The Hall–Kier alpha value is -2.56. The summed E-state index contributed by atoms with van der Waals surface area (Å²) in [5.41, 5.74) is 5.95. The summed E-state index contributed by atoms with van der Waals surface area (Å²) < 4.78 is 10.6. The van der Waals surface area contributed by atoms with Crippen molar-refractivity contribution in [3.05, 3.63) is 52.0 Å². The molecule has 130 valence electrons. The Kier molecular flexibility index (Phi) is 3.86. The van der Waals surface area contributed by atoms with Gasteiger partial charge in [0.15, 0.2) is 0 Å². The van der Waals surface area contributed by atoms with Crippen molar-refractivity contribution < 1.29 is 14.1 Å². The smallest absolute Gasteiger partial charge is 0.338 e. The van der Waals surface area contributed by atoms with E-state index in [0.29, 0.717) is 17.2 Å². The summed E-state index contributed by atoms with van der Waals surface area (Å²) in [5, 5.41) is 5.03. The van der Waals surface area contributed by atoms with Crippen LogP contribution in [0.4, 0.5) is 0 Å². The van der Waals surface area contributed by atoms with Crippen LogP contribution >= 0.6 is 0 Å². The minimum atomic E-state index is -0.319. The summed E-state index contributed by atoms with van der Waals surface area (Å²) in [5.74, 6) is 1.05. The molecule has 4 rings (SSSR count). The average molecular weight is 338 g/mol. The van der Waals surface area contributed by atoms with Crippen LogP contribution in [0.25, 0.3) is 10.9 Å². The van der Waals surface area contributed by atoms with E-state index in [0.717, 1.165) is 35.0 Å². The molecule has 0 fully saturated rings. The van der Waals surface area contributed by atoms with Gasteiger partial charge in [-0.2, -0.15) is 0 Å². The fourth-order valence-electron chi connectivity index (χ4n) is 3.65. The normalized spacial score (nSPS) is 16.8. The Balaban J connectivity index is 1.58. The Bertz CT molecular complexity index is 932. The zero-order chi connectivity index (χ0) is 17.6. The van der Waals surface area contributed by atoms with E-state index < -0.39 is 0 Å². The molecule has 1 aliphatic rings. The molecule has 1 aliphatic carbocycles. The Morgan fingerprint density at radius 3 is 3.00 bits per heavy atom. The van der Waals surface area contributed by atoms with Gasteiger partial charge in [0.25, 0.3) is 0 Å². The topological polar surface area (TPSA) is 68.1 Å². The maximum absolute atomic E-state index is 12.5. The van der Waals surface area contributed by atoms with Gasteiger partial charge in [-0.05, 0) is 62.8 Å². The van der Waals surface area contributed by atoms with Crippen LogP contribution < -0.4 is 0 Å². The van der Waals surface area contributed by atoms with Gasteiger partial charge in [0.1, 0.15) is 12.4 Å². The molecule has 0 amide bonds. The van der Waals surface area contributed by atoms with Gasteiger partial charge >= 0.3 is 5.97 Å². The first-order valence-electron chi connectivity index (χ1n) is 8.75. The molecule has 2 heterocycles. The van der Waals surface area contributed by atoms with Crippen LogP contribution in [-0.4, -0.2) is 16.1 Å². The SMILES string of the molecule is Cc1noc(C)c1COC(=O)c1ccc2[nH]c3c(c2c1)CC(C)CC3. The lowest BCUT2D eigenvalue weighted by molar-refractivity contribution is 0.0471. The predicted molar refractivity (Wildman–Crippen MR) is 94.6 cm³/mol. The minimum Gasteiger partial charge on any atom is -0.457 e. The zero-order valence-electron chi connectivity index (χ0n) is 14.8. The highest BCUT2D eigenvalue weighted by Crippen LogP contribution is 2.32. The summed E-state index contributed by atoms with van der Waals surface area (Å²) in [4.78, 5) is 16.0. The third-order valence-corrected chi connectivity index (χ3v) is 5.20. The maximum Gasteiger partial charge on any atom is 0.338 e. The number of carbonyl (C=O) groups is 1. The van der Waals surface area contributed by atoms with E-state index in [4.69, 9.17) is 9.26 Å². The third-order valence-electron chi connectivity index (χ3n) is 5.20. The van der Waals surface area contributed by atoms with Gasteiger partial charge in [-0.1, -0.05) is 12.1 Å². The molecule has 2 aromatic heterocycles. The number of H-pyrrole nitrogens is 1. The van der Waals surface area contributed by atoms with E-state index in [1.165, 1.54) is 17.7 Å². The van der Waals surface area contributed by atoms with Crippen molar-refractivity contribution >= 4 is 16.9 Å². The summed E-state index contributed by atoms with van der Waals surface area (Å²) >= 11 is 0. The van der Waals surface area contributed by atoms with Crippen LogP contribution in [0.1, 0.15) is 52.0 Å². The third kappa shape index (κ3) is 2.84. The quantitative estimate of drug-likeness (QED) is 0.725. The molecule has 1 unspecified atom stereocenters. The van der Waals surface area contributed by atoms with Gasteiger partial charge in [-0.25, -0.2) is 4.79 Å². The first-order chi connectivity index (χ1) is 12.0. The number of nitrogens with one attached hydrogen (secondary N) is 1. The number of aromatic amines is 1. The van der Waals surface area contributed by atoms with Gasteiger partial charge < -0.3 is 14.2 Å². The van der Waals surface area contributed by atoms with Crippen molar-refractivity contribution in [2.24, 2.45) is 5.92 Å². The molecule has 25 heavy (non-hydrogen) atoms. The number of ether oxygens (including phenoxy) is 1. The molecule has 5 heteroatoms. The molecule has 0 saturated carbocycles. The largest absolute Gasteiger partial charge is 0.457 e. The molecule has 0 spiro atoms. The fourth-order valence-corrected chi connectivity index (χ4v) is 3.65. The second kappa shape index (κ2) is 6.06. The van der Waals surface area contributed by atoms with E-state index in [-0.39, 0.29) is 12.6 Å². The van der Waals surface area contributed by atoms with E-state index >= 15 is 0 Å². The first-order valence-corrected chi connectivity index (χ1v) is 8.75. The standard InChI is InChI=1S/C20H22N2O3/c1-11-4-6-18-15(8-11)16-9-14(5-7-19(16)21-18)20(23)24-10-17-12(2)22-25-13(17)3/h5,7,9,11,21H,4,6,8,10H2,1-3H3. The van der Waals surface area contributed by atoms with Crippen molar-refractivity contribution in [3.8, 4) is 0 Å². The molecular formula is C20H22N2O3. The minimum absolute atomic E-state index is 0.181. The molecule has 1 aromatic carbocycles. The summed E-state index contributed by atoms with van der Waals surface area (Å²) in [6, 6.07) is 5.76. The zero-order valence-corrected chi connectivity index (χ0v) is 14.8. The number of benzene rings is 1. The number of carbonyl (C=O) groups excluding carboxylic acids is 1. The van der Waals surface area contributed by atoms with Crippen LogP contribution in [0, 0.1) is 19.8 Å². The van der Waals surface area contributed by atoms with Crippen LogP contribution in [0.3, 0.4) is 0 Å². The molecule has 0 saturated heterocycles. The lowest BCUT2D eigenvalue weighted by atomic mass is 9.87. The number of esters is 1. The molecule has 1 atom stereocenters. The van der Waals surface area contributed by atoms with Crippen molar-refractivity contribution in [2.75, 3.05) is 0 Å². The molecule has 1 N–H and O–H groups in total. The number of fused-ring (bicyclic) bond motifs is 3. The van der Waals surface area contributed by atoms with Crippen LogP contribution in [0.2, 0.25) is 0 Å². The highest BCUT2D eigenvalue weighted by atomic mass is 16.5. The highest BCUT2D eigenvalue weighted by Gasteiger charge is 2.21. The predicted octanol–water partition coefficient (Wildman–Crippen LogP) is 4.25. The molecule has 0 bridgehead atoms. The highest BCUT2D eigenvalue weighted by molar-refractivity contribution is 5.96. The Morgan fingerprint density at radius 1 is 1.40 bits per heavy atom. The van der Waals surface area contributed by atoms with E-state index in [1.807, 2.05) is 32.0 Å². The van der Waals surface area contributed by atoms with Crippen molar-refractivity contribution in [1.82, 2.24) is 10.1 Å². The van der Waals surface area contributed by atoms with Crippen LogP contribution in [0.5, 0.6) is 0 Å². The molecule has 0 aliphatic heterocycles. The molecular weight excluding hydrogens is 316 g/mol. The molecule has 3 aromatic rings. The molecule has 0 radical (unpaired) electrons. The van der Waals surface area contributed by atoms with Crippen LogP contribution in [0.15, 0.2) is 22.7 Å². The Morgan fingerprint density at radius 2 is 2.24 bits per heavy atom. The summed E-state index contributed by atoms with van der Waals surface area (Å²) in [6.07, 6.45) is 3.36. The maximum atomic E-state index is 12.5. The van der Waals surface area contributed by atoms with Crippen LogP contribution in [-0.2, 0) is 24.2 Å². The van der Waals surface area contributed by atoms with E-state index in [1.54, 1.807) is 0 Å². The van der Waals surface area contributed by atoms with Gasteiger partial charge in [-0.15, -0.1) is 0 Å². The van der Waals surface area contributed by atoms with E-state index in [2.05, 4.69) is 17.1 Å². The number of rotatable bonds is 3. The lowest BCUT2D eigenvalue weighted by Crippen LogP contribution is -2.10. The number of hydrogen-bond donors (Lipinski definition) is 1. The van der Waals surface area contributed by atoms with Gasteiger partial charge in [0.2, 0.25) is 0 Å². The number of hydrogen-bond acceptors (Lipinski definition) is 4.